The summed E-state index contributed by atoms with van der Waals surface area (Å²) < 4.78 is 27.7. The van der Waals surface area contributed by atoms with E-state index in [1.807, 2.05) is 0 Å². The minimum atomic E-state index is -0.501. The molecule has 0 bridgehead atoms. The second-order valence-electron chi connectivity index (χ2n) is 4.63. The Labute approximate surface area is 128 Å². The van der Waals surface area contributed by atoms with Crippen LogP contribution in [0.4, 0.5) is 8.78 Å². The summed E-state index contributed by atoms with van der Waals surface area (Å²) in [7, 11) is 0. The summed E-state index contributed by atoms with van der Waals surface area (Å²) in [5.74, 6) is -1.23. The molecule has 0 amide bonds. The monoisotopic (exact) mass is 346 g/mol. The molecule has 0 saturated carbocycles. The first kappa shape index (κ1) is 13.9. The SMILES string of the molecule is O=C(c1cc(F)cc(Br)c1)c1ccc(F)c2ccccc12. The van der Waals surface area contributed by atoms with Gasteiger partial charge in [-0.25, -0.2) is 8.78 Å². The lowest BCUT2D eigenvalue weighted by molar-refractivity contribution is 0.104. The molecule has 0 aliphatic heterocycles. The zero-order chi connectivity index (χ0) is 15.0. The van der Waals surface area contributed by atoms with E-state index in [9.17, 15) is 13.6 Å². The maximum Gasteiger partial charge on any atom is 0.193 e. The summed E-state index contributed by atoms with van der Waals surface area (Å²) in [6.07, 6.45) is 0. The molecule has 0 aliphatic rings. The van der Waals surface area contributed by atoms with Gasteiger partial charge in [-0.1, -0.05) is 40.2 Å². The first-order valence-corrected chi connectivity index (χ1v) is 7.03. The molecule has 0 heterocycles. The number of benzene rings is 3. The number of halogens is 3. The molecule has 0 radical (unpaired) electrons. The summed E-state index contributed by atoms with van der Waals surface area (Å²) >= 11 is 3.16. The fourth-order valence-corrected chi connectivity index (χ4v) is 2.77. The van der Waals surface area contributed by atoms with E-state index in [4.69, 9.17) is 0 Å². The van der Waals surface area contributed by atoms with E-state index in [0.717, 1.165) is 0 Å². The molecule has 0 aliphatic carbocycles. The number of carbonyl (C=O) groups excluding carboxylic acids is 1. The number of fused-ring (bicyclic) bond motifs is 1. The number of carbonyl (C=O) groups is 1. The Balaban J connectivity index is 2.20. The predicted molar refractivity (Wildman–Crippen MR) is 81.4 cm³/mol. The molecule has 0 spiro atoms. The Morgan fingerprint density at radius 3 is 2.33 bits per heavy atom. The molecule has 0 aromatic heterocycles. The highest BCUT2D eigenvalue weighted by Gasteiger charge is 2.15. The molecule has 0 N–H and O–H groups in total. The second kappa shape index (κ2) is 5.37. The number of rotatable bonds is 2. The highest BCUT2D eigenvalue weighted by Crippen LogP contribution is 2.25. The first-order valence-electron chi connectivity index (χ1n) is 6.24. The van der Waals surface area contributed by atoms with Gasteiger partial charge in [0.15, 0.2) is 5.78 Å². The molecule has 0 fully saturated rings. The van der Waals surface area contributed by atoms with Crippen molar-refractivity contribution in [1.29, 1.82) is 0 Å². The number of ketones is 1. The van der Waals surface area contributed by atoms with Crippen molar-refractivity contribution in [2.75, 3.05) is 0 Å². The molecule has 0 unspecified atom stereocenters. The Bertz CT molecular complexity index is 838. The van der Waals surface area contributed by atoms with Crippen LogP contribution in [0.2, 0.25) is 0 Å². The molecule has 104 valence electrons. The Morgan fingerprint density at radius 2 is 1.62 bits per heavy atom. The van der Waals surface area contributed by atoms with Gasteiger partial charge >= 0.3 is 0 Å². The third kappa shape index (κ3) is 2.59. The smallest absolute Gasteiger partial charge is 0.193 e. The molecule has 3 rings (SSSR count). The van der Waals surface area contributed by atoms with Crippen molar-refractivity contribution in [3.8, 4) is 0 Å². The third-order valence-corrected chi connectivity index (χ3v) is 3.70. The molecule has 0 saturated heterocycles. The minimum absolute atomic E-state index is 0.221. The van der Waals surface area contributed by atoms with Crippen molar-refractivity contribution in [2.24, 2.45) is 0 Å². The lowest BCUT2D eigenvalue weighted by Gasteiger charge is -2.07. The summed E-state index contributed by atoms with van der Waals surface area (Å²) in [5, 5.41) is 0.890. The van der Waals surface area contributed by atoms with Crippen LogP contribution in [0, 0.1) is 11.6 Å². The number of hydrogen-bond donors (Lipinski definition) is 0. The maximum atomic E-state index is 13.8. The topological polar surface area (TPSA) is 17.1 Å². The average Bonchev–Trinajstić information content (AvgIpc) is 2.46. The van der Waals surface area contributed by atoms with Crippen molar-refractivity contribution in [3.05, 3.63) is 81.8 Å². The van der Waals surface area contributed by atoms with Gasteiger partial charge in [0.25, 0.3) is 0 Å². The van der Waals surface area contributed by atoms with Crippen LogP contribution in [-0.2, 0) is 0 Å². The van der Waals surface area contributed by atoms with Gasteiger partial charge < -0.3 is 0 Å². The third-order valence-electron chi connectivity index (χ3n) is 3.24. The van der Waals surface area contributed by atoms with E-state index in [-0.39, 0.29) is 17.2 Å². The minimum Gasteiger partial charge on any atom is -0.289 e. The van der Waals surface area contributed by atoms with Crippen LogP contribution >= 0.6 is 15.9 Å². The molecular formula is C17H9BrF2O. The van der Waals surface area contributed by atoms with E-state index < -0.39 is 5.82 Å². The highest BCUT2D eigenvalue weighted by molar-refractivity contribution is 9.10. The lowest BCUT2D eigenvalue weighted by atomic mass is 9.97. The predicted octanol–water partition coefficient (Wildman–Crippen LogP) is 5.11. The van der Waals surface area contributed by atoms with Crippen molar-refractivity contribution in [1.82, 2.24) is 0 Å². The van der Waals surface area contributed by atoms with Crippen molar-refractivity contribution in [3.63, 3.8) is 0 Å². The normalized spacial score (nSPS) is 10.8. The Hall–Kier alpha value is -2.07. The molecule has 3 aromatic rings. The van der Waals surface area contributed by atoms with Crippen molar-refractivity contribution < 1.29 is 13.6 Å². The van der Waals surface area contributed by atoms with Crippen LogP contribution < -0.4 is 0 Å². The summed E-state index contributed by atoms with van der Waals surface area (Å²) in [6.45, 7) is 0. The summed E-state index contributed by atoms with van der Waals surface area (Å²) in [6, 6.07) is 13.4. The quantitative estimate of drug-likeness (QED) is 0.589. The lowest BCUT2D eigenvalue weighted by Crippen LogP contribution is -2.03. The van der Waals surface area contributed by atoms with Gasteiger partial charge in [-0.05, 0) is 35.7 Å². The van der Waals surface area contributed by atoms with E-state index in [1.165, 1.54) is 24.3 Å². The second-order valence-corrected chi connectivity index (χ2v) is 5.54. The Morgan fingerprint density at radius 1 is 0.905 bits per heavy atom. The zero-order valence-corrected chi connectivity index (χ0v) is 12.3. The van der Waals surface area contributed by atoms with E-state index in [0.29, 0.717) is 20.8 Å². The van der Waals surface area contributed by atoms with Crippen LogP contribution in [0.3, 0.4) is 0 Å². The van der Waals surface area contributed by atoms with Crippen molar-refractivity contribution >= 4 is 32.5 Å². The zero-order valence-electron chi connectivity index (χ0n) is 10.7. The summed E-state index contributed by atoms with van der Waals surface area (Å²) in [4.78, 5) is 12.6. The van der Waals surface area contributed by atoms with Gasteiger partial charge in [0.2, 0.25) is 0 Å². The standard InChI is InChI=1S/C17H9BrF2O/c18-11-7-10(8-12(19)9-11)17(21)15-5-6-16(20)14-4-2-1-3-13(14)15/h1-9H. The highest BCUT2D eigenvalue weighted by atomic mass is 79.9. The van der Waals surface area contributed by atoms with Gasteiger partial charge in [0.1, 0.15) is 11.6 Å². The molecule has 3 aromatic carbocycles. The molecule has 0 atom stereocenters. The van der Waals surface area contributed by atoms with Gasteiger partial charge in [-0.2, -0.15) is 0 Å². The number of hydrogen-bond acceptors (Lipinski definition) is 1. The van der Waals surface area contributed by atoms with Gasteiger partial charge in [0.05, 0.1) is 0 Å². The molecule has 21 heavy (non-hydrogen) atoms. The molecule has 1 nitrogen and oxygen atoms in total. The largest absolute Gasteiger partial charge is 0.289 e. The van der Waals surface area contributed by atoms with E-state index in [1.54, 1.807) is 30.3 Å². The molecular weight excluding hydrogens is 338 g/mol. The fourth-order valence-electron chi connectivity index (χ4n) is 2.30. The van der Waals surface area contributed by atoms with Crippen LogP contribution in [0.25, 0.3) is 10.8 Å². The van der Waals surface area contributed by atoms with Gasteiger partial charge in [0, 0.05) is 21.0 Å². The van der Waals surface area contributed by atoms with E-state index in [2.05, 4.69) is 15.9 Å². The van der Waals surface area contributed by atoms with Crippen LogP contribution in [0.5, 0.6) is 0 Å². The fraction of sp³-hybridized carbons (Fsp3) is 0. The average molecular weight is 347 g/mol. The van der Waals surface area contributed by atoms with Gasteiger partial charge in [-0.3, -0.25) is 4.79 Å². The van der Waals surface area contributed by atoms with Gasteiger partial charge in [-0.15, -0.1) is 0 Å². The van der Waals surface area contributed by atoms with Crippen molar-refractivity contribution in [2.45, 2.75) is 0 Å². The van der Waals surface area contributed by atoms with Crippen LogP contribution in [0.15, 0.2) is 59.1 Å². The summed E-state index contributed by atoms with van der Waals surface area (Å²) in [5.41, 5.74) is 0.572. The molecule has 4 heteroatoms. The van der Waals surface area contributed by atoms with Crippen LogP contribution in [-0.4, -0.2) is 5.78 Å². The van der Waals surface area contributed by atoms with Crippen LogP contribution in [0.1, 0.15) is 15.9 Å². The maximum absolute atomic E-state index is 13.8. The van der Waals surface area contributed by atoms with E-state index >= 15 is 0 Å². The first-order chi connectivity index (χ1) is 10.1. The Kier molecular flexibility index (Phi) is 3.55.